The van der Waals surface area contributed by atoms with Crippen LogP contribution in [0.4, 0.5) is 0 Å². The van der Waals surface area contributed by atoms with E-state index in [1.807, 2.05) is 14.0 Å². The van der Waals surface area contributed by atoms with Crippen LogP contribution in [0.5, 0.6) is 0 Å². The lowest BCUT2D eigenvalue weighted by Gasteiger charge is -2.27. The van der Waals surface area contributed by atoms with Crippen LogP contribution in [-0.4, -0.2) is 83.3 Å². The normalized spacial score (nSPS) is 16.6. The molecule has 0 atom stereocenters. The molecule has 0 aromatic rings. The third kappa shape index (κ3) is 9.95. The summed E-state index contributed by atoms with van der Waals surface area (Å²) >= 11 is 0. The number of nitrogens with one attached hydrogen (secondary N) is 1. The fraction of sp³-hybridized carbons (Fsp3) is 0.938. The molecule has 0 amide bonds. The smallest absolute Gasteiger partial charge is 0.211 e. The molecule has 9 heteroatoms. The summed E-state index contributed by atoms with van der Waals surface area (Å²) in [5, 5.41) is 3.32. The van der Waals surface area contributed by atoms with Crippen molar-refractivity contribution in [2.24, 2.45) is 10.9 Å². The lowest BCUT2D eigenvalue weighted by Crippen LogP contribution is -2.41. The predicted molar refractivity (Wildman–Crippen MR) is 114 cm³/mol. The summed E-state index contributed by atoms with van der Waals surface area (Å²) in [6.07, 6.45) is 5.47. The van der Waals surface area contributed by atoms with Crippen molar-refractivity contribution in [3.63, 3.8) is 0 Å². The van der Waals surface area contributed by atoms with E-state index in [0.717, 1.165) is 57.3 Å². The Morgan fingerprint density at radius 1 is 1.28 bits per heavy atom. The zero-order valence-electron chi connectivity index (χ0n) is 16.0. The first kappa shape index (κ1) is 24.9. The third-order valence-electron chi connectivity index (χ3n) is 4.48. The number of hydrogen-bond donors (Lipinski definition) is 1. The van der Waals surface area contributed by atoms with Gasteiger partial charge in [0.15, 0.2) is 5.96 Å². The summed E-state index contributed by atoms with van der Waals surface area (Å²) in [5.41, 5.74) is 0. The number of sulfonamides is 1. The van der Waals surface area contributed by atoms with Crippen molar-refractivity contribution in [2.75, 3.05) is 59.7 Å². The first-order valence-corrected chi connectivity index (χ1v) is 10.7. The molecule has 1 aliphatic heterocycles. The van der Waals surface area contributed by atoms with Gasteiger partial charge in [0.05, 0.1) is 6.26 Å². The Morgan fingerprint density at radius 3 is 2.44 bits per heavy atom. The minimum atomic E-state index is -3.10. The van der Waals surface area contributed by atoms with Crippen LogP contribution in [-0.2, 0) is 14.8 Å². The maximum absolute atomic E-state index is 11.6. The van der Waals surface area contributed by atoms with Crippen molar-refractivity contribution in [1.82, 2.24) is 14.5 Å². The van der Waals surface area contributed by atoms with Gasteiger partial charge in [0.25, 0.3) is 0 Å². The monoisotopic (exact) mass is 490 g/mol. The van der Waals surface area contributed by atoms with Gasteiger partial charge in [0.1, 0.15) is 0 Å². The highest BCUT2D eigenvalue weighted by Gasteiger charge is 2.16. The molecule has 0 aromatic heterocycles. The SMILES string of the molecule is CCN(CCCNC(=NC)N(C)CCC1CCOCC1)S(C)(=O)=O.I. The minimum absolute atomic E-state index is 0. The van der Waals surface area contributed by atoms with Crippen molar-refractivity contribution in [3.8, 4) is 0 Å². The lowest BCUT2D eigenvalue weighted by molar-refractivity contribution is 0.0625. The second-order valence-electron chi connectivity index (χ2n) is 6.35. The van der Waals surface area contributed by atoms with Crippen molar-refractivity contribution in [2.45, 2.75) is 32.6 Å². The number of ether oxygens (including phenoxy) is 1. The maximum atomic E-state index is 11.6. The first-order valence-electron chi connectivity index (χ1n) is 8.83. The molecule has 1 fully saturated rings. The molecule has 1 rings (SSSR count). The van der Waals surface area contributed by atoms with E-state index in [-0.39, 0.29) is 24.0 Å². The molecule has 7 nitrogen and oxygen atoms in total. The van der Waals surface area contributed by atoms with Crippen LogP contribution in [0, 0.1) is 5.92 Å². The molecule has 150 valence electrons. The van der Waals surface area contributed by atoms with Crippen LogP contribution < -0.4 is 5.32 Å². The Bertz CT molecular complexity index is 482. The number of guanidine groups is 1. The third-order valence-corrected chi connectivity index (χ3v) is 5.85. The van der Waals surface area contributed by atoms with Gasteiger partial charge in [-0.1, -0.05) is 6.92 Å². The van der Waals surface area contributed by atoms with Gasteiger partial charge in [0, 0.05) is 53.5 Å². The van der Waals surface area contributed by atoms with Crippen molar-refractivity contribution >= 4 is 40.0 Å². The van der Waals surface area contributed by atoms with E-state index in [0.29, 0.717) is 19.6 Å². The molecular formula is C16H35IN4O3S. The van der Waals surface area contributed by atoms with Gasteiger partial charge in [-0.05, 0) is 31.6 Å². The Morgan fingerprint density at radius 2 is 1.92 bits per heavy atom. The molecule has 0 unspecified atom stereocenters. The van der Waals surface area contributed by atoms with E-state index in [1.54, 1.807) is 7.05 Å². The number of nitrogens with zero attached hydrogens (tertiary/aromatic N) is 3. The van der Waals surface area contributed by atoms with Crippen LogP contribution in [0.2, 0.25) is 0 Å². The van der Waals surface area contributed by atoms with Gasteiger partial charge in [-0.2, -0.15) is 0 Å². The van der Waals surface area contributed by atoms with Crippen LogP contribution in [0.15, 0.2) is 4.99 Å². The molecule has 1 saturated heterocycles. The largest absolute Gasteiger partial charge is 0.381 e. The van der Waals surface area contributed by atoms with Crippen molar-refractivity contribution in [3.05, 3.63) is 0 Å². The van der Waals surface area contributed by atoms with Crippen LogP contribution in [0.25, 0.3) is 0 Å². The predicted octanol–water partition coefficient (Wildman–Crippen LogP) is 1.60. The van der Waals surface area contributed by atoms with E-state index < -0.39 is 10.0 Å². The fourth-order valence-electron chi connectivity index (χ4n) is 2.92. The van der Waals surface area contributed by atoms with E-state index in [9.17, 15) is 8.42 Å². The lowest BCUT2D eigenvalue weighted by atomic mass is 9.96. The molecule has 1 heterocycles. The molecule has 25 heavy (non-hydrogen) atoms. The number of halogens is 1. The zero-order chi connectivity index (χ0) is 18.0. The standard InChI is InChI=1S/C16H34N4O3S.HI/c1-5-20(24(4,21)22)11-6-10-18-16(17-2)19(3)12-7-15-8-13-23-14-9-15;/h15H,5-14H2,1-4H3,(H,17,18);1H. The highest BCUT2D eigenvalue weighted by molar-refractivity contribution is 14.0. The van der Waals surface area contributed by atoms with Gasteiger partial charge in [-0.3, -0.25) is 4.99 Å². The molecule has 0 aliphatic carbocycles. The van der Waals surface area contributed by atoms with Crippen LogP contribution >= 0.6 is 24.0 Å². The summed E-state index contributed by atoms with van der Waals surface area (Å²) in [5.74, 6) is 1.61. The molecule has 0 aromatic carbocycles. The Hall–Kier alpha value is -0.130. The molecule has 1 N–H and O–H groups in total. The van der Waals surface area contributed by atoms with E-state index in [2.05, 4.69) is 15.2 Å². The summed E-state index contributed by atoms with van der Waals surface area (Å²) < 4.78 is 30.0. The molecule has 0 saturated carbocycles. The summed E-state index contributed by atoms with van der Waals surface area (Å²) in [6, 6.07) is 0. The second-order valence-corrected chi connectivity index (χ2v) is 8.33. The Labute approximate surface area is 170 Å². The average Bonchev–Trinajstić information content (AvgIpc) is 2.56. The van der Waals surface area contributed by atoms with E-state index in [4.69, 9.17) is 4.74 Å². The van der Waals surface area contributed by atoms with Crippen molar-refractivity contribution in [1.29, 1.82) is 0 Å². The summed E-state index contributed by atoms with van der Waals surface area (Å²) in [7, 11) is 0.721. The molecule has 0 spiro atoms. The second kappa shape index (κ2) is 13.1. The molecule has 0 bridgehead atoms. The van der Waals surface area contributed by atoms with Gasteiger partial charge in [-0.25, -0.2) is 12.7 Å². The van der Waals surface area contributed by atoms with Gasteiger partial charge in [-0.15, -0.1) is 24.0 Å². The summed E-state index contributed by atoms with van der Waals surface area (Å²) in [4.78, 5) is 6.45. The average molecular weight is 490 g/mol. The van der Waals surface area contributed by atoms with E-state index >= 15 is 0 Å². The number of aliphatic imine (C=N–C) groups is 1. The highest BCUT2D eigenvalue weighted by Crippen LogP contribution is 2.18. The van der Waals surface area contributed by atoms with Crippen LogP contribution in [0.1, 0.15) is 32.6 Å². The summed E-state index contributed by atoms with van der Waals surface area (Å²) in [6.45, 7) is 6.35. The number of rotatable bonds is 9. The Balaban J connectivity index is 0.00000576. The van der Waals surface area contributed by atoms with E-state index in [1.165, 1.54) is 10.6 Å². The first-order chi connectivity index (χ1) is 11.4. The quantitative estimate of drug-likeness (QED) is 0.230. The Kier molecular flexibility index (Phi) is 13.0. The zero-order valence-corrected chi connectivity index (χ0v) is 19.2. The molecule has 1 aliphatic rings. The van der Waals surface area contributed by atoms with Gasteiger partial charge >= 0.3 is 0 Å². The molecule has 0 radical (unpaired) electrons. The topological polar surface area (TPSA) is 74.2 Å². The maximum Gasteiger partial charge on any atom is 0.211 e. The fourth-order valence-corrected chi connectivity index (χ4v) is 3.85. The minimum Gasteiger partial charge on any atom is -0.381 e. The number of hydrogen-bond acceptors (Lipinski definition) is 4. The van der Waals surface area contributed by atoms with Crippen LogP contribution in [0.3, 0.4) is 0 Å². The highest BCUT2D eigenvalue weighted by atomic mass is 127. The van der Waals surface area contributed by atoms with Gasteiger partial charge < -0.3 is 15.0 Å². The van der Waals surface area contributed by atoms with Gasteiger partial charge in [0.2, 0.25) is 10.0 Å². The molecular weight excluding hydrogens is 455 g/mol. The van der Waals surface area contributed by atoms with Crippen molar-refractivity contribution < 1.29 is 13.2 Å².